The van der Waals surface area contributed by atoms with Gasteiger partial charge in [-0.1, -0.05) is 30.3 Å². The van der Waals surface area contributed by atoms with Crippen LogP contribution >= 0.6 is 0 Å². The molecule has 1 heterocycles. The van der Waals surface area contributed by atoms with Crippen LogP contribution in [0.4, 0.5) is 5.69 Å². The number of nitrogens with zero attached hydrogens (tertiary/aromatic N) is 1. The standard InChI is InChI=1S/C18H22N2O4S/c1-13(8-9-14-6-4-3-5-7-14)20-16-11-10-15(25(22,23)19-2)12-17(16)24-18(20)21/h3-7,10-13,18-19,21H,8-9H2,1-2H3. The van der Waals surface area contributed by atoms with Crippen molar-refractivity contribution in [1.29, 1.82) is 0 Å². The fourth-order valence-corrected chi connectivity index (χ4v) is 3.74. The first-order valence-corrected chi connectivity index (χ1v) is 9.65. The van der Waals surface area contributed by atoms with E-state index in [-0.39, 0.29) is 10.9 Å². The van der Waals surface area contributed by atoms with Gasteiger partial charge in [-0.2, -0.15) is 0 Å². The van der Waals surface area contributed by atoms with Crippen LogP contribution in [-0.2, 0) is 16.4 Å². The summed E-state index contributed by atoms with van der Waals surface area (Å²) in [5.74, 6) is 0.371. The highest BCUT2D eigenvalue weighted by atomic mass is 32.2. The molecule has 134 valence electrons. The van der Waals surface area contributed by atoms with E-state index < -0.39 is 16.4 Å². The third-order valence-corrected chi connectivity index (χ3v) is 5.84. The van der Waals surface area contributed by atoms with Crippen molar-refractivity contribution >= 4 is 15.7 Å². The Morgan fingerprint density at radius 1 is 1.24 bits per heavy atom. The van der Waals surface area contributed by atoms with Crippen molar-refractivity contribution in [2.75, 3.05) is 11.9 Å². The molecule has 2 aromatic carbocycles. The van der Waals surface area contributed by atoms with Crippen LogP contribution in [0.15, 0.2) is 53.4 Å². The molecule has 0 spiro atoms. The molecule has 2 atom stereocenters. The summed E-state index contributed by atoms with van der Waals surface area (Å²) in [4.78, 5) is 1.88. The van der Waals surface area contributed by atoms with E-state index in [1.165, 1.54) is 24.7 Å². The van der Waals surface area contributed by atoms with E-state index in [1.807, 2.05) is 25.1 Å². The van der Waals surface area contributed by atoms with Gasteiger partial charge in [0.2, 0.25) is 10.0 Å². The number of ether oxygens (including phenoxy) is 1. The number of aryl methyl sites for hydroxylation is 1. The zero-order valence-electron chi connectivity index (χ0n) is 14.2. The van der Waals surface area contributed by atoms with Crippen LogP contribution < -0.4 is 14.4 Å². The monoisotopic (exact) mass is 362 g/mol. The summed E-state index contributed by atoms with van der Waals surface area (Å²) >= 11 is 0. The molecule has 0 radical (unpaired) electrons. The van der Waals surface area contributed by atoms with Crippen LogP contribution in [0.2, 0.25) is 0 Å². The fraction of sp³-hybridized carbons (Fsp3) is 0.333. The van der Waals surface area contributed by atoms with Gasteiger partial charge in [0.15, 0.2) is 0 Å². The Labute approximate surface area is 148 Å². The number of benzene rings is 2. The minimum atomic E-state index is -3.55. The summed E-state index contributed by atoms with van der Waals surface area (Å²) < 4.78 is 31.6. The van der Waals surface area contributed by atoms with E-state index in [9.17, 15) is 13.5 Å². The number of sulfonamides is 1. The maximum Gasteiger partial charge on any atom is 0.281 e. The molecule has 0 amide bonds. The van der Waals surface area contributed by atoms with Crippen LogP contribution in [0.5, 0.6) is 5.75 Å². The van der Waals surface area contributed by atoms with Gasteiger partial charge in [0.1, 0.15) is 5.75 Å². The van der Waals surface area contributed by atoms with Crippen molar-refractivity contribution in [3.05, 3.63) is 54.1 Å². The van der Waals surface area contributed by atoms with E-state index in [0.717, 1.165) is 12.8 Å². The SMILES string of the molecule is CNS(=O)(=O)c1ccc2c(c1)OC(O)N2C(C)CCc1ccccc1. The molecule has 0 aromatic heterocycles. The smallest absolute Gasteiger partial charge is 0.281 e. The molecule has 2 aromatic rings. The normalized spacial score (nSPS) is 17.9. The summed E-state index contributed by atoms with van der Waals surface area (Å²) in [6, 6.07) is 14.8. The second-order valence-electron chi connectivity index (χ2n) is 6.06. The lowest BCUT2D eigenvalue weighted by Gasteiger charge is -2.28. The molecule has 6 nitrogen and oxygen atoms in total. The minimum Gasteiger partial charge on any atom is -0.444 e. The molecular formula is C18H22N2O4S. The molecule has 0 fully saturated rings. The lowest BCUT2D eigenvalue weighted by molar-refractivity contribution is -0.00791. The average Bonchev–Trinajstić information content (AvgIpc) is 2.95. The van der Waals surface area contributed by atoms with E-state index in [1.54, 1.807) is 11.0 Å². The van der Waals surface area contributed by atoms with E-state index >= 15 is 0 Å². The van der Waals surface area contributed by atoms with Gasteiger partial charge in [0.25, 0.3) is 6.41 Å². The van der Waals surface area contributed by atoms with Gasteiger partial charge >= 0.3 is 0 Å². The average molecular weight is 362 g/mol. The number of hydrogen-bond donors (Lipinski definition) is 2. The van der Waals surface area contributed by atoms with Gasteiger partial charge in [-0.25, -0.2) is 13.1 Å². The number of fused-ring (bicyclic) bond motifs is 1. The molecule has 1 aliphatic heterocycles. The first kappa shape index (κ1) is 17.7. The van der Waals surface area contributed by atoms with Crippen LogP contribution in [0.25, 0.3) is 0 Å². The van der Waals surface area contributed by atoms with Crippen LogP contribution in [0, 0.1) is 0 Å². The molecule has 2 unspecified atom stereocenters. The van der Waals surface area contributed by atoms with E-state index in [4.69, 9.17) is 4.74 Å². The molecule has 0 saturated carbocycles. The van der Waals surface area contributed by atoms with Crippen LogP contribution in [-0.4, -0.2) is 33.0 Å². The quantitative estimate of drug-likeness (QED) is 0.823. The van der Waals surface area contributed by atoms with Crippen molar-refractivity contribution in [2.24, 2.45) is 0 Å². The Hall–Kier alpha value is -2.09. The van der Waals surface area contributed by atoms with Crippen molar-refractivity contribution in [3.8, 4) is 5.75 Å². The molecule has 1 aliphatic rings. The highest BCUT2D eigenvalue weighted by molar-refractivity contribution is 7.89. The number of aliphatic hydroxyl groups is 1. The topological polar surface area (TPSA) is 78.9 Å². The first-order chi connectivity index (χ1) is 11.9. The van der Waals surface area contributed by atoms with Gasteiger partial charge in [-0.15, -0.1) is 0 Å². The molecular weight excluding hydrogens is 340 g/mol. The third kappa shape index (κ3) is 3.63. The summed E-state index contributed by atoms with van der Waals surface area (Å²) in [6.07, 6.45) is 0.598. The Morgan fingerprint density at radius 2 is 1.96 bits per heavy atom. The van der Waals surface area contributed by atoms with Crippen molar-refractivity contribution in [3.63, 3.8) is 0 Å². The third-order valence-electron chi connectivity index (χ3n) is 4.43. The zero-order chi connectivity index (χ0) is 18.0. The maximum absolute atomic E-state index is 11.9. The number of hydrogen-bond acceptors (Lipinski definition) is 5. The minimum absolute atomic E-state index is 0.0308. The molecule has 0 aliphatic carbocycles. The zero-order valence-corrected chi connectivity index (χ0v) is 15.0. The Balaban J connectivity index is 1.78. The Morgan fingerprint density at radius 3 is 2.64 bits per heavy atom. The van der Waals surface area contributed by atoms with Crippen molar-refractivity contribution in [2.45, 2.75) is 37.1 Å². The number of aliphatic hydroxyl groups excluding tert-OH is 1. The summed E-state index contributed by atoms with van der Waals surface area (Å²) in [7, 11) is -2.19. The predicted molar refractivity (Wildman–Crippen MR) is 96.0 cm³/mol. The molecule has 0 saturated heterocycles. The molecule has 0 bridgehead atoms. The second kappa shape index (κ2) is 7.03. The molecule has 3 rings (SSSR count). The van der Waals surface area contributed by atoms with Gasteiger partial charge < -0.3 is 14.7 Å². The predicted octanol–water partition coefficient (Wildman–Crippen LogP) is 2.09. The summed E-state index contributed by atoms with van der Waals surface area (Å²) in [5.41, 5.74) is 1.93. The number of nitrogens with one attached hydrogen (secondary N) is 1. The fourth-order valence-electron chi connectivity index (χ4n) is 2.99. The van der Waals surface area contributed by atoms with Crippen molar-refractivity contribution in [1.82, 2.24) is 4.72 Å². The van der Waals surface area contributed by atoms with Crippen LogP contribution in [0.1, 0.15) is 18.9 Å². The van der Waals surface area contributed by atoms with E-state index in [2.05, 4.69) is 16.9 Å². The largest absolute Gasteiger partial charge is 0.444 e. The second-order valence-corrected chi connectivity index (χ2v) is 7.95. The van der Waals surface area contributed by atoms with Crippen LogP contribution in [0.3, 0.4) is 0 Å². The lowest BCUT2D eigenvalue weighted by Crippen LogP contribution is -2.41. The summed E-state index contributed by atoms with van der Waals surface area (Å²) in [5, 5.41) is 10.3. The first-order valence-electron chi connectivity index (χ1n) is 8.17. The van der Waals surface area contributed by atoms with Gasteiger partial charge in [-0.05, 0) is 44.5 Å². The molecule has 7 heteroatoms. The van der Waals surface area contributed by atoms with Crippen molar-refractivity contribution < 1.29 is 18.3 Å². The number of rotatable bonds is 6. The maximum atomic E-state index is 11.9. The molecule has 2 N–H and O–H groups in total. The highest BCUT2D eigenvalue weighted by Crippen LogP contribution is 2.39. The lowest BCUT2D eigenvalue weighted by atomic mass is 10.1. The molecule has 25 heavy (non-hydrogen) atoms. The Bertz CT molecular complexity index is 839. The summed E-state index contributed by atoms with van der Waals surface area (Å²) in [6.45, 7) is 2.02. The highest BCUT2D eigenvalue weighted by Gasteiger charge is 2.33. The van der Waals surface area contributed by atoms with Gasteiger partial charge in [-0.3, -0.25) is 0 Å². The Kier molecular flexibility index (Phi) is 4.99. The van der Waals surface area contributed by atoms with Gasteiger partial charge in [0, 0.05) is 12.1 Å². The van der Waals surface area contributed by atoms with E-state index in [0.29, 0.717) is 11.4 Å². The number of anilines is 1. The van der Waals surface area contributed by atoms with Gasteiger partial charge in [0.05, 0.1) is 10.6 Å².